The van der Waals surface area contributed by atoms with Crippen LogP contribution in [0.25, 0.3) is 6.08 Å². The van der Waals surface area contributed by atoms with Gasteiger partial charge in [0.15, 0.2) is 0 Å². The number of benzene rings is 1. The Morgan fingerprint density at radius 1 is 1.41 bits per heavy atom. The smallest absolute Gasteiger partial charge is 0.247 e. The summed E-state index contributed by atoms with van der Waals surface area (Å²) in [7, 11) is 0. The summed E-state index contributed by atoms with van der Waals surface area (Å²) in [5.74, 6) is -0.958. The van der Waals surface area contributed by atoms with Gasteiger partial charge in [0, 0.05) is 28.7 Å². The predicted octanol–water partition coefficient (Wildman–Crippen LogP) is 2.97. The van der Waals surface area contributed by atoms with Gasteiger partial charge < -0.3 is 10.2 Å². The van der Waals surface area contributed by atoms with Crippen LogP contribution in [0.2, 0.25) is 0 Å². The third-order valence-corrected chi connectivity index (χ3v) is 3.33. The van der Waals surface area contributed by atoms with Gasteiger partial charge in [-0.05, 0) is 45.0 Å². The Kier molecular flexibility index (Phi) is 7.24. The van der Waals surface area contributed by atoms with Crippen molar-refractivity contribution in [2.45, 2.75) is 26.8 Å². The molecule has 1 aromatic carbocycles. The van der Waals surface area contributed by atoms with Crippen molar-refractivity contribution in [1.82, 2.24) is 10.2 Å². The van der Waals surface area contributed by atoms with Gasteiger partial charge >= 0.3 is 0 Å². The maximum absolute atomic E-state index is 13.6. The lowest BCUT2D eigenvalue weighted by Crippen LogP contribution is -2.42. The number of nitrogens with zero attached hydrogens (tertiary/aromatic N) is 1. The van der Waals surface area contributed by atoms with Gasteiger partial charge in [-0.15, -0.1) is 0 Å². The molecule has 22 heavy (non-hydrogen) atoms. The van der Waals surface area contributed by atoms with Crippen molar-refractivity contribution in [3.05, 3.63) is 40.1 Å². The number of halogens is 2. The number of hydrogen-bond donors (Lipinski definition) is 1. The summed E-state index contributed by atoms with van der Waals surface area (Å²) in [5.41, 5.74) is 0.311. The lowest BCUT2D eigenvalue weighted by molar-refractivity contribution is -0.132. The van der Waals surface area contributed by atoms with E-state index in [-0.39, 0.29) is 24.4 Å². The molecule has 0 saturated heterocycles. The van der Waals surface area contributed by atoms with Gasteiger partial charge in [0.25, 0.3) is 0 Å². The molecule has 0 aliphatic heterocycles. The number of hydrogen-bond acceptors (Lipinski definition) is 2. The van der Waals surface area contributed by atoms with E-state index in [0.717, 1.165) is 4.47 Å². The molecule has 0 heterocycles. The molecule has 0 bridgehead atoms. The Morgan fingerprint density at radius 3 is 2.68 bits per heavy atom. The van der Waals surface area contributed by atoms with Gasteiger partial charge in [-0.1, -0.05) is 15.9 Å². The van der Waals surface area contributed by atoms with Crippen molar-refractivity contribution >= 4 is 33.8 Å². The van der Waals surface area contributed by atoms with Gasteiger partial charge in [-0.3, -0.25) is 9.59 Å². The quantitative estimate of drug-likeness (QED) is 0.782. The first-order valence-corrected chi connectivity index (χ1v) is 7.84. The molecule has 0 atom stereocenters. The number of nitrogens with one attached hydrogen (secondary N) is 1. The van der Waals surface area contributed by atoms with E-state index in [1.165, 1.54) is 23.1 Å². The molecule has 1 N–H and O–H groups in total. The zero-order valence-corrected chi connectivity index (χ0v) is 14.5. The second kappa shape index (κ2) is 8.68. The molecule has 0 aliphatic rings. The third-order valence-electron chi connectivity index (χ3n) is 2.84. The second-order valence-electron chi connectivity index (χ2n) is 5.07. The van der Waals surface area contributed by atoms with Crippen molar-refractivity contribution in [2.75, 3.05) is 13.1 Å². The van der Waals surface area contributed by atoms with E-state index >= 15 is 0 Å². The number of amides is 2. The Morgan fingerprint density at radius 2 is 2.09 bits per heavy atom. The van der Waals surface area contributed by atoms with Gasteiger partial charge in [0.05, 0.1) is 6.54 Å². The Labute approximate surface area is 138 Å². The summed E-state index contributed by atoms with van der Waals surface area (Å²) in [6, 6.07) is 4.51. The summed E-state index contributed by atoms with van der Waals surface area (Å²) >= 11 is 3.25. The van der Waals surface area contributed by atoms with E-state index in [9.17, 15) is 14.0 Å². The minimum Gasteiger partial charge on any atom is -0.352 e. The fourth-order valence-electron chi connectivity index (χ4n) is 1.80. The fraction of sp³-hybridized carbons (Fsp3) is 0.375. The molecule has 0 fully saturated rings. The van der Waals surface area contributed by atoms with Crippen LogP contribution in [0.15, 0.2) is 28.7 Å². The average Bonchev–Trinajstić information content (AvgIpc) is 2.44. The zero-order chi connectivity index (χ0) is 16.7. The lowest BCUT2D eigenvalue weighted by Gasteiger charge is -2.19. The molecule has 0 spiro atoms. The highest BCUT2D eigenvalue weighted by Crippen LogP contribution is 2.16. The number of likely N-dealkylation sites (N-methyl/N-ethyl adjacent to an activating group) is 1. The van der Waals surface area contributed by atoms with Gasteiger partial charge in [0.1, 0.15) is 5.82 Å². The SMILES string of the molecule is CCN(CC(=O)NC(C)C)C(=O)/C=C/c1cc(Br)ccc1F. The van der Waals surface area contributed by atoms with Crippen LogP contribution in [-0.2, 0) is 9.59 Å². The van der Waals surface area contributed by atoms with Crippen LogP contribution < -0.4 is 5.32 Å². The van der Waals surface area contributed by atoms with E-state index in [4.69, 9.17) is 0 Å². The van der Waals surface area contributed by atoms with Gasteiger partial charge in [-0.2, -0.15) is 0 Å². The molecule has 0 radical (unpaired) electrons. The van der Waals surface area contributed by atoms with Crippen molar-refractivity contribution < 1.29 is 14.0 Å². The molecule has 120 valence electrons. The van der Waals surface area contributed by atoms with Crippen LogP contribution in [0.3, 0.4) is 0 Å². The highest BCUT2D eigenvalue weighted by atomic mass is 79.9. The number of carbonyl (C=O) groups excluding carboxylic acids is 2. The molecule has 2 amide bonds. The van der Waals surface area contributed by atoms with Gasteiger partial charge in [0.2, 0.25) is 11.8 Å². The first kappa shape index (κ1) is 18.4. The minimum atomic E-state index is -0.409. The first-order valence-electron chi connectivity index (χ1n) is 7.05. The highest BCUT2D eigenvalue weighted by Gasteiger charge is 2.13. The van der Waals surface area contributed by atoms with E-state index < -0.39 is 5.82 Å². The largest absolute Gasteiger partial charge is 0.352 e. The lowest BCUT2D eigenvalue weighted by atomic mass is 10.2. The van der Waals surface area contributed by atoms with Crippen molar-refractivity contribution in [1.29, 1.82) is 0 Å². The maximum atomic E-state index is 13.6. The van der Waals surface area contributed by atoms with Crippen LogP contribution in [0.5, 0.6) is 0 Å². The van der Waals surface area contributed by atoms with Crippen LogP contribution in [0.1, 0.15) is 26.3 Å². The van der Waals surface area contributed by atoms with Crippen molar-refractivity contribution in [3.8, 4) is 0 Å². The molecule has 6 heteroatoms. The molecule has 0 aromatic heterocycles. The fourth-order valence-corrected chi connectivity index (χ4v) is 2.17. The molecule has 0 saturated carbocycles. The highest BCUT2D eigenvalue weighted by molar-refractivity contribution is 9.10. The van der Waals surface area contributed by atoms with E-state index in [1.807, 2.05) is 13.8 Å². The van der Waals surface area contributed by atoms with Crippen LogP contribution in [-0.4, -0.2) is 35.8 Å². The van der Waals surface area contributed by atoms with E-state index in [1.54, 1.807) is 19.1 Å². The second-order valence-corrected chi connectivity index (χ2v) is 5.99. The molecule has 1 rings (SSSR count). The summed E-state index contributed by atoms with van der Waals surface area (Å²) in [6.07, 6.45) is 2.68. The number of rotatable bonds is 6. The minimum absolute atomic E-state index is 0.0151. The third kappa shape index (κ3) is 5.97. The summed E-state index contributed by atoms with van der Waals surface area (Å²) in [6.45, 7) is 5.88. The van der Waals surface area contributed by atoms with E-state index in [2.05, 4.69) is 21.2 Å². The zero-order valence-electron chi connectivity index (χ0n) is 12.9. The standard InChI is InChI=1S/C16H20BrFN2O2/c1-4-20(10-15(21)19-11(2)3)16(22)8-5-12-9-13(17)6-7-14(12)18/h5-9,11H,4,10H2,1-3H3,(H,19,21)/b8-5+. The predicted molar refractivity (Wildman–Crippen MR) is 88.7 cm³/mol. The van der Waals surface area contributed by atoms with Crippen LogP contribution in [0.4, 0.5) is 4.39 Å². The monoisotopic (exact) mass is 370 g/mol. The van der Waals surface area contributed by atoms with Crippen LogP contribution >= 0.6 is 15.9 Å². The number of carbonyl (C=O) groups is 2. The molecule has 0 aliphatic carbocycles. The van der Waals surface area contributed by atoms with Crippen molar-refractivity contribution in [3.63, 3.8) is 0 Å². The Balaban J connectivity index is 2.74. The topological polar surface area (TPSA) is 49.4 Å². The Hall–Kier alpha value is -1.69. The summed E-state index contributed by atoms with van der Waals surface area (Å²) < 4.78 is 14.3. The average molecular weight is 371 g/mol. The maximum Gasteiger partial charge on any atom is 0.247 e. The van der Waals surface area contributed by atoms with E-state index in [0.29, 0.717) is 12.1 Å². The molecular formula is C16H20BrFN2O2. The normalized spacial score (nSPS) is 11.0. The molecule has 1 aromatic rings. The van der Waals surface area contributed by atoms with Crippen LogP contribution in [0, 0.1) is 5.82 Å². The Bertz CT molecular complexity index is 573. The molecular weight excluding hydrogens is 351 g/mol. The first-order chi connectivity index (χ1) is 10.3. The van der Waals surface area contributed by atoms with Gasteiger partial charge in [-0.25, -0.2) is 4.39 Å². The molecule has 4 nitrogen and oxygen atoms in total. The molecule has 0 unspecified atom stereocenters. The van der Waals surface area contributed by atoms with Crippen molar-refractivity contribution in [2.24, 2.45) is 0 Å². The summed E-state index contributed by atoms with van der Waals surface area (Å²) in [5, 5.41) is 2.73. The summed E-state index contributed by atoms with van der Waals surface area (Å²) in [4.78, 5) is 25.2.